The lowest BCUT2D eigenvalue weighted by atomic mass is 10.1. The van der Waals surface area contributed by atoms with Gasteiger partial charge < -0.3 is 10.1 Å². The van der Waals surface area contributed by atoms with E-state index in [1.807, 2.05) is 24.3 Å². The third-order valence-corrected chi connectivity index (χ3v) is 5.21. The van der Waals surface area contributed by atoms with Crippen LogP contribution in [0, 0.1) is 0 Å². The first kappa shape index (κ1) is 17.8. The molecule has 0 unspecified atom stereocenters. The Hall–Kier alpha value is -2.97. The minimum Gasteiger partial charge on any atom is -0.481 e. The summed E-state index contributed by atoms with van der Waals surface area (Å²) in [7, 11) is -0.784. The van der Waals surface area contributed by atoms with E-state index in [9.17, 15) is 13.2 Å². The zero-order chi connectivity index (χ0) is 18.7. The lowest BCUT2D eigenvalue weighted by Gasteiger charge is -2.10. The fourth-order valence-corrected chi connectivity index (χ4v) is 3.27. The molecular weight excluding hydrogens is 354 g/mol. The number of nitrogens with one attached hydrogen (secondary N) is 2. The summed E-state index contributed by atoms with van der Waals surface area (Å²) in [5.41, 5.74) is 0.516. The minimum absolute atomic E-state index is 0.0573. The zero-order valence-corrected chi connectivity index (χ0v) is 15.0. The molecule has 2 N–H and O–H groups in total. The van der Waals surface area contributed by atoms with Crippen molar-refractivity contribution < 1.29 is 17.9 Å². The number of nitrogens with zero attached hydrogens (tertiary/aromatic N) is 1. The molecule has 1 amide bonds. The predicted octanol–water partition coefficient (Wildman–Crippen LogP) is 2.40. The number of hydrogen-bond acceptors (Lipinski definition) is 5. The summed E-state index contributed by atoms with van der Waals surface area (Å²) in [4.78, 5) is 16.9. The van der Waals surface area contributed by atoms with E-state index in [0.29, 0.717) is 11.6 Å². The third-order valence-electron chi connectivity index (χ3n) is 3.80. The van der Waals surface area contributed by atoms with Crippen molar-refractivity contribution in [1.82, 2.24) is 9.71 Å². The summed E-state index contributed by atoms with van der Waals surface area (Å²) in [6.45, 7) is 0. The summed E-state index contributed by atoms with van der Waals surface area (Å²) in [6, 6.07) is 15.1. The molecule has 0 atom stereocenters. The number of sulfonamides is 1. The number of benzene rings is 2. The van der Waals surface area contributed by atoms with Gasteiger partial charge in [-0.15, -0.1) is 0 Å². The van der Waals surface area contributed by atoms with E-state index >= 15 is 0 Å². The van der Waals surface area contributed by atoms with E-state index in [1.54, 1.807) is 18.2 Å². The normalized spacial score (nSPS) is 11.3. The van der Waals surface area contributed by atoms with Gasteiger partial charge in [-0.2, -0.15) is 0 Å². The van der Waals surface area contributed by atoms with Crippen LogP contribution in [-0.4, -0.2) is 33.5 Å². The second kappa shape index (κ2) is 7.11. The standard InChI is InChI=1S/C18H17N3O4S/c1-19-26(23,24)14-8-5-7-13(11-14)20-17(22)16-10-12-6-3-4-9-15(12)18(21-16)25-2/h3-11,19H,1-2H3,(H,20,22). The molecule has 0 fully saturated rings. The Kier molecular flexibility index (Phi) is 4.88. The molecule has 2 aromatic carbocycles. The highest BCUT2D eigenvalue weighted by atomic mass is 32.2. The van der Waals surface area contributed by atoms with E-state index in [1.165, 1.54) is 26.3 Å². The van der Waals surface area contributed by atoms with Gasteiger partial charge in [0.1, 0.15) is 5.69 Å². The Labute approximate surface area is 151 Å². The molecule has 0 aliphatic heterocycles. The van der Waals surface area contributed by atoms with Gasteiger partial charge in [-0.05, 0) is 42.8 Å². The molecule has 1 heterocycles. The number of carbonyl (C=O) groups excluding carboxylic acids is 1. The molecular formula is C18H17N3O4S. The van der Waals surface area contributed by atoms with Crippen molar-refractivity contribution in [3.63, 3.8) is 0 Å². The number of anilines is 1. The van der Waals surface area contributed by atoms with Crippen molar-refractivity contribution in [2.24, 2.45) is 0 Å². The average molecular weight is 371 g/mol. The maximum Gasteiger partial charge on any atom is 0.274 e. The van der Waals surface area contributed by atoms with E-state index in [-0.39, 0.29) is 10.6 Å². The van der Waals surface area contributed by atoms with Crippen LogP contribution < -0.4 is 14.8 Å². The quantitative estimate of drug-likeness (QED) is 0.718. The molecule has 0 saturated carbocycles. The molecule has 0 bridgehead atoms. The first-order valence-electron chi connectivity index (χ1n) is 7.73. The Morgan fingerprint density at radius 3 is 2.58 bits per heavy atom. The fourth-order valence-electron chi connectivity index (χ4n) is 2.49. The van der Waals surface area contributed by atoms with Gasteiger partial charge >= 0.3 is 0 Å². The number of amides is 1. The smallest absolute Gasteiger partial charge is 0.274 e. The van der Waals surface area contributed by atoms with E-state index in [0.717, 1.165) is 10.8 Å². The predicted molar refractivity (Wildman–Crippen MR) is 98.9 cm³/mol. The maximum atomic E-state index is 12.6. The molecule has 8 heteroatoms. The van der Waals surface area contributed by atoms with E-state index < -0.39 is 15.9 Å². The minimum atomic E-state index is -3.60. The van der Waals surface area contributed by atoms with E-state index in [4.69, 9.17) is 4.74 Å². The van der Waals surface area contributed by atoms with Crippen LogP contribution in [0.5, 0.6) is 5.88 Å². The van der Waals surface area contributed by atoms with Crippen molar-refractivity contribution in [3.05, 3.63) is 60.3 Å². The van der Waals surface area contributed by atoms with Gasteiger partial charge in [0.15, 0.2) is 0 Å². The molecule has 0 saturated heterocycles. The summed E-state index contributed by atoms with van der Waals surface area (Å²) >= 11 is 0. The number of hydrogen-bond donors (Lipinski definition) is 2. The van der Waals surface area contributed by atoms with Gasteiger partial charge in [-0.1, -0.05) is 24.3 Å². The average Bonchev–Trinajstić information content (AvgIpc) is 2.67. The van der Waals surface area contributed by atoms with E-state index in [2.05, 4.69) is 15.0 Å². The van der Waals surface area contributed by atoms with Crippen LogP contribution in [0.1, 0.15) is 10.5 Å². The van der Waals surface area contributed by atoms with Crippen LogP contribution in [0.15, 0.2) is 59.5 Å². The fraction of sp³-hybridized carbons (Fsp3) is 0.111. The molecule has 0 radical (unpaired) electrons. The first-order valence-corrected chi connectivity index (χ1v) is 9.21. The Bertz CT molecular complexity index is 1080. The van der Waals surface area contributed by atoms with Gasteiger partial charge in [0.05, 0.1) is 12.0 Å². The zero-order valence-electron chi connectivity index (χ0n) is 14.2. The summed E-state index contributed by atoms with van der Waals surface area (Å²) in [5, 5.41) is 4.28. The van der Waals surface area contributed by atoms with Crippen LogP contribution in [0.2, 0.25) is 0 Å². The van der Waals surface area contributed by atoms with Gasteiger partial charge in [-0.3, -0.25) is 4.79 Å². The lowest BCUT2D eigenvalue weighted by molar-refractivity contribution is 0.102. The number of rotatable bonds is 5. The van der Waals surface area contributed by atoms with Gasteiger partial charge in [0.2, 0.25) is 15.9 Å². The van der Waals surface area contributed by atoms with Crippen LogP contribution in [0.3, 0.4) is 0 Å². The van der Waals surface area contributed by atoms with Crippen LogP contribution >= 0.6 is 0 Å². The maximum absolute atomic E-state index is 12.6. The summed E-state index contributed by atoms with van der Waals surface area (Å²) < 4.78 is 31.3. The van der Waals surface area contributed by atoms with Crippen LogP contribution in [0.4, 0.5) is 5.69 Å². The van der Waals surface area contributed by atoms with Crippen LogP contribution in [0.25, 0.3) is 10.8 Å². The Morgan fingerprint density at radius 2 is 1.85 bits per heavy atom. The number of pyridine rings is 1. The molecule has 0 spiro atoms. The SMILES string of the molecule is CNS(=O)(=O)c1cccc(NC(=O)c2cc3ccccc3c(OC)n2)c1. The molecule has 0 aliphatic rings. The molecule has 3 aromatic rings. The number of fused-ring (bicyclic) bond motifs is 1. The van der Waals surface area contributed by atoms with Crippen LogP contribution in [-0.2, 0) is 10.0 Å². The number of methoxy groups -OCH3 is 1. The Morgan fingerprint density at radius 1 is 1.08 bits per heavy atom. The third kappa shape index (κ3) is 3.51. The molecule has 1 aromatic heterocycles. The summed E-state index contributed by atoms with van der Waals surface area (Å²) in [6.07, 6.45) is 0. The number of ether oxygens (including phenoxy) is 1. The highest BCUT2D eigenvalue weighted by Gasteiger charge is 2.15. The highest BCUT2D eigenvalue weighted by Crippen LogP contribution is 2.24. The molecule has 7 nitrogen and oxygen atoms in total. The van der Waals surface area contributed by atoms with Crippen molar-refractivity contribution in [2.45, 2.75) is 4.90 Å². The molecule has 3 rings (SSSR count). The largest absolute Gasteiger partial charge is 0.481 e. The van der Waals surface area contributed by atoms with Gasteiger partial charge in [0.25, 0.3) is 5.91 Å². The van der Waals surface area contributed by atoms with Crippen molar-refractivity contribution >= 4 is 32.4 Å². The second-order valence-corrected chi connectivity index (χ2v) is 7.31. The van der Waals surface area contributed by atoms with Crippen molar-refractivity contribution in [2.75, 3.05) is 19.5 Å². The summed E-state index contributed by atoms with van der Waals surface area (Å²) in [5.74, 6) is -0.118. The lowest BCUT2D eigenvalue weighted by Crippen LogP contribution is -2.19. The second-order valence-electron chi connectivity index (χ2n) is 5.43. The van der Waals surface area contributed by atoms with Crippen molar-refractivity contribution in [3.8, 4) is 5.88 Å². The van der Waals surface area contributed by atoms with Gasteiger partial charge in [0, 0.05) is 11.1 Å². The molecule has 0 aliphatic carbocycles. The monoisotopic (exact) mass is 371 g/mol. The number of aromatic nitrogens is 1. The first-order chi connectivity index (χ1) is 12.4. The van der Waals surface area contributed by atoms with Gasteiger partial charge in [-0.25, -0.2) is 18.1 Å². The molecule has 26 heavy (non-hydrogen) atoms. The topological polar surface area (TPSA) is 97.4 Å². The van der Waals surface area contributed by atoms with Crippen molar-refractivity contribution in [1.29, 1.82) is 0 Å². The Balaban J connectivity index is 1.94. The number of carbonyl (C=O) groups is 1. The molecule has 134 valence electrons. The highest BCUT2D eigenvalue weighted by molar-refractivity contribution is 7.89.